The molecule has 0 atom stereocenters. The molecule has 5 rings (SSSR count). The lowest BCUT2D eigenvalue weighted by Crippen LogP contribution is -2.15. The van der Waals surface area contributed by atoms with Crippen molar-refractivity contribution in [2.75, 3.05) is 12.1 Å². The lowest BCUT2D eigenvalue weighted by molar-refractivity contribution is 0.101. The fraction of sp³-hybridized carbons (Fsp3) is 0.0870. The summed E-state index contributed by atoms with van der Waals surface area (Å²) in [5.41, 5.74) is 2.69. The number of carbonyl (C=O) groups excluding carboxylic acids is 2. The van der Waals surface area contributed by atoms with Gasteiger partial charge < -0.3 is 14.8 Å². The van der Waals surface area contributed by atoms with Gasteiger partial charge in [0.05, 0.1) is 27.3 Å². The highest BCUT2D eigenvalue weighted by Gasteiger charge is 2.22. The summed E-state index contributed by atoms with van der Waals surface area (Å²) < 4.78 is 10.8. The van der Waals surface area contributed by atoms with Crippen LogP contribution in [0.15, 0.2) is 60.0 Å². The number of anilines is 1. The number of ketones is 1. The number of hydrogen-bond acceptors (Lipinski definition) is 6. The maximum absolute atomic E-state index is 13.3. The highest BCUT2D eigenvalue weighted by Crippen LogP contribution is 2.37. The van der Waals surface area contributed by atoms with Crippen molar-refractivity contribution in [1.29, 1.82) is 0 Å². The van der Waals surface area contributed by atoms with Crippen LogP contribution in [0.5, 0.6) is 11.5 Å². The summed E-state index contributed by atoms with van der Waals surface area (Å²) in [6.45, 7) is 1.53. The summed E-state index contributed by atoms with van der Waals surface area (Å²) in [6, 6.07) is 16.4. The smallest absolute Gasteiger partial charge is 0.256 e. The van der Waals surface area contributed by atoms with Gasteiger partial charge in [-0.15, -0.1) is 11.3 Å². The van der Waals surface area contributed by atoms with Crippen molar-refractivity contribution < 1.29 is 19.1 Å². The molecular weight excluding hydrogens is 400 g/mol. The van der Waals surface area contributed by atoms with Crippen LogP contribution in [0.4, 0.5) is 5.69 Å². The molecule has 0 bridgehead atoms. The Labute approximate surface area is 176 Å². The maximum Gasteiger partial charge on any atom is 0.256 e. The molecular formula is C23H16N2O4S. The summed E-state index contributed by atoms with van der Waals surface area (Å²) in [4.78, 5) is 31.1. The van der Waals surface area contributed by atoms with E-state index in [2.05, 4.69) is 5.32 Å². The van der Waals surface area contributed by atoms with Crippen molar-refractivity contribution in [2.24, 2.45) is 0 Å². The Balaban J connectivity index is 1.60. The summed E-state index contributed by atoms with van der Waals surface area (Å²) in [5.74, 6) is 0.483. The molecule has 6 nitrogen and oxygen atoms in total. The van der Waals surface area contributed by atoms with Gasteiger partial charge in [0, 0.05) is 17.0 Å². The van der Waals surface area contributed by atoms with E-state index in [0.29, 0.717) is 28.3 Å². The van der Waals surface area contributed by atoms with E-state index in [0.717, 1.165) is 21.5 Å². The number of hydrogen-bond donors (Lipinski definition) is 1. The van der Waals surface area contributed by atoms with Gasteiger partial charge in [0.15, 0.2) is 17.3 Å². The molecule has 0 saturated heterocycles. The Kier molecular flexibility index (Phi) is 4.44. The minimum Gasteiger partial charge on any atom is -0.454 e. The molecule has 148 valence electrons. The van der Waals surface area contributed by atoms with Crippen LogP contribution < -0.4 is 14.8 Å². The molecule has 4 aromatic rings. The minimum absolute atomic E-state index is 0.0866. The molecule has 1 aliphatic rings. The predicted octanol–water partition coefficient (Wildman–Crippen LogP) is 5.15. The first-order valence-corrected chi connectivity index (χ1v) is 10.2. The number of benzene rings is 2. The van der Waals surface area contributed by atoms with Crippen LogP contribution in [0.1, 0.15) is 27.6 Å². The topological polar surface area (TPSA) is 77.5 Å². The Morgan fingerprint density at radius 2 is 1.80 bits per heavy atom. The van der Waals surface area contributed by atoms with E-state index in [4.69, 9.17) is 14.5 Å². The summed E-state index contributed by atoms with van der Waals surface area (Å²) in [6.07, 6.45) is 0. The first kappa shape index (κ1) is 18.3. The van der Waals surface area contributed by atoms with E-state index >= 15 is 0 Å². The largest absolute Gasteiger partial charge is 0.454 e. The molecule has 0 aliphatic carbocycles. The lowest BCUT2D eigenvalue weighted by atomic mass is 10.0. The standard InChI is InChI=1S/C23H16N2O4S/c1-13(26)15-10-20-21(29-12-28-20)11-18(15)25-23(27)16-9-19(22-7-4-8-30-22)24-17-6-3-2-5-14(16)17/h2-11H,12H2,1H3,(H,25,27). The van der Waals surface area contributed by atoms with Gasteiger partial charge in [0.1, 0.15) is 0 Å². The molecule has 0 spiro atoms. The molecule has 0 unspecified atom stereocenters. The maximum atomic E-state index is 13.3. The molecule has 0 fully saturated rings. The van der Waals surface area contributed by atoms with E-state index in [1.807, 2.05) is 41.8 Å². The average Bonchev–Trinajstić information content (AvgIpc) is 3.44. The zero-order valence-corrected chi connectivity index (χ0v) is 16.8. The van der Waals surface area contributed by atoms with E-state index < -0.39 is 0 Å². The molecule has 1 N–H and O–H groups in total. The second-order valence-corrected chi connectivity index (χ2v) is 7.76. The molecule has 7 heteroatoms. The Hall–Kier alpha value is -3.71. The number of carbonyl (C=O) groups is 2. The Bertz CT molecular complexity index is 1300. The number of para-hydroxylation sites is 1. The molecule has 30 heavy (non-hydrogen) atoms. The van der Waals surface area contributed by atoms with Crippen LogP contribution in [-0.4, -0.2) is 23.5 Å². The molecule has 1 aliphatic heterocycles. The third-order valence-electron chi connectivity index (χ3n) is 4.87. The molecule has 0 radical (unpaired) electrons. The van der Waals surface area contributed by atoms with Crippen molar-refractivity contribution in [2.45, 2.75) is 6.92 Å². The van der Waals surface area contributed by atoms with Gasteiger partial charge in [-0.3, -0.25) is 9.59 Å². The number of thiophene rings is 1. The fourth-order valence-corrected chi connectivity index (χ4v) is 4.13. The van der Waals surface area contributed by atoms with Gasteiger partial charge in [0.2, 0.25) is 6.79 Å². The van der Waals surface area contributed by atoms with E-state index in [9.17, 15) is 9.59 Å². The van der Waals surface area contributed by atoms with Gasteiger partial charge in [-0.25, -0.2) is 4.98 Å². The molecule has 3 heterocycles. The normalized spacial score (nSPS) is 12.2. The Morgan fingerprint density at radius 3 is 2.57 bits per heavy atom. The number of amides is 1. The van der Waals surface area contributed by atoms with Gasteiger partial charge in [0.25, 0.3) is 5.91 Å². The Morgan fingerprint density at radius 1 is 1.00 bits per heavy atom. The highest BCUT2D eigenvalue weighted by atomic mass is 32.1. The van der Waals surface area contributed by atoms with Crippen molar-refractivity contribution in [3.63, 3.8) is 0 Å². The van der Waals surface area contributed by atoms with Crippen LogP contribution in [0.25, 0.3) is 21.5 Å². The number of aromatic nitrogens is 1. The quantitative estimate of drug-likeness (QED) is 0.466. The van der Waals surface area contributed by atoms with Crippen LogP contribution in [-0.2, 0) is 0 Å². The van der Waals surface area contributed by atoms with Crippen molar-refractivity contribution in [1.82, 2.24) is 4.98 Å². The van der Waals surface area contributed by atoms with Crippen LogP contribution in [0, 0.1) is 0 Å². The first-order valence-electron chi connectivity index (χ1n) is 9.30. The lowest BCUT2D eigenvalue weighted by Gasteiger charge is -2.13. The van der Waals surface area contributed by atoms with E-state index in [-0.39, 0.29) is 18.5 Å². The number of nitrogens with zero attached hydrogens (tertiary/aromatic N) is 1. The van der Waals surface area contributed by atoms with Gasteiger partial charge in [-0.05, 0) is 36.6 Å². The van der Waals surface area contributed by atoms with Crippen molar-refractivity contribution in [3.8, 4) is 22.1 Å². The minimum atomic E-state index is -0.326. The van der Waals surface area contributed by atoms with Gasteiger partial charge in [-0.1, -0.05) is 24.3 Å². The third kappa shape index (κ3) is 3.19. The van der Waals surface area contributed by atoms with Gasteiger partial charge in [-0.2, -0.15) is 0 Å². The predicted molar refractivity (Wildman–Crippen MR) is 116 cm³/mol. The average molecular weight is 416 g/mol. The first-order chi connectivity index (χ1) is 14.6. The second-order valence-electron chi connectivity index (χ2n) is 6.81. The van der Waals surface area contributed by atoms with Crippen LogP contribution in [0.2, 0.25) is 0 Å². The zero-order valence-electron chi connectivity index (χ0n) is 16.0. The van der Waals surface area contributed by atoms with Crippen LogP contribution >= 0.6 is 11.3 Å². The van der Waals surface area contributed by atoms with Crippen LogP contribution in [0.3, 0.4) is 0 Å². The number of nitrogens with one attached hydrogen (secondary N) is 1. The summed E-state index contributed by atoms with van der Waals surface area (Å²) in [7, 11) is 0. The fourth-order valence-electron chi connectivity index (χ4n) is 3.44. The monoisotopic (exact) mass is 416 g/mol. The van der Waals surface area contributed by atoms with Crippen molar-refractivity contribution >= 4 is 39.6 Å². The molecule has 1 amide bonds. The molecule has 0 saturated carbocycles. The number of ether oxygens (including phenoxy) is 2. The second kappa shape index (κ2) is 7.27. The number of pyridine rings is 1. The number of fused-ring (bicyclic) bond motifs is 2. The third-order valence-corrected chi connectivity index (χ3v) is 5.77. The summed E-state index contributed by atoms with van der Waals surface area (Å²) in [5, 5.41) is 5.59. The SMILES string of the molecule is CC(=O)c1cc2c(cc1NC(=O)c1cc(-c3cccs3)nc3ccccc13)OCO2. The molecule has 2 aromatic carbocycles. The van der Waals surface area contributed by atoms with Crippen molar-refractivity contribution in [3.05, 3.63) is 71.1 Å². The molecule has 2 aromatic heterocycles. The van der Waals surface area contributed by atoms with Gasteiger partial charge >= 0.3 is 0 Å². The van der Waals surface area contributed by atoms with E-state index in [1.54, 1.807) is 29.5 Å². The highest BCUT2D eigenvalue weighted by molar-refractivity contribution is 7.13. The number of Topliss-reactive ketones (excluding diaryl/α,β-unsaturated/α-hetero) is 1. The summed E-state index contributed by atoms with van der Waals surface area (Å²) >= 11 is 1.56. The number of rotatable bonds is 4. The zero-order chi connectivity index (χ0) is 20.7. The van der Waals surface area contributed by atoms with E-state index in [1.165, 1.54) is 6.92 Å².